The average Bonchev–Trinajstić information content (AvgIpc) is 3.21. The molecule has 0 spiro atoms. The van der Waals surface area contributed by atoms with Crippen molar-refractivity contribution in [2.75, 3.05) is 36.0 Å². The van der Waals surface area contributed by atoms with Gasteiger partial charge in [0.25, 0.3) is 11.5 Å². The fraction of sp³-hybridized carbons (Fsp3) is 0.308. The van der Waals surface area contributed by atoms with E-state index in [1.54, 1.807) is 9.80 Å². The van der Waals surface area contributed by atoms with Crippen LogP contribution in [0.4, 0.5) is 11.4 Å². The van der Waals surface area contributed by atoms with Crippen molar-refractivity contribution >= 4 is 23.2 Å². The monoisotopic (exact) mass is 457 g/mol. The van der Waals surface area contributed by atoms with Gasteiger partial charge in [-0.25, -0.2) is 4.68 Å². The third-order valence-corrected chi connectivity index (χ3v) is 6.55. The molecule has 2 aliphatic heterocycles. The number of hydrogen-bond acceptors (Lipinski definition) is 5. The second kappa shape index (κ2) is 9.13. The standard InChI is InChI=1S/C26H27N5O3/c1-19-17-20-7-5-6-10-23(20)31(19)26(34)22-11-12-24(32)30(27-22)18-25(33)29-15-13-28(14-16-29)21-8-3-2-4-9-21/h2-12,19H,13-18H2,1H3/t19-/m1/s1. The number of para-hydroxylation sites is 2. The highest BCUT2D eigenvalue weighted by molar-refractivity contribution is 6.06. The van der Waals surface area contributed by atoms with Crippen molar-refractivity contribution in [3.8, 4) is 0 Å². The van der Waals surface area contributed by atoms with E-state index < -0.39 is 5.56 Å². The van der Waals surface area contributed by atoms with Crippen molar-refractivity contribution in [1.29, 1.82) is 0 Å². The smallest absolute Gasteiger partial charge is 0.278 e. The number of amides is 2. The molecule has 3 aromatic rings. The molecule has 8 heteroatoms. The molecule has 0 saturated carbocycles. The van der Waals surface area contributed by atoms with E-state index in [9.17, 15) is 14.4 Å². The maximum Gasteiger partial charge on any atom is 0.278 e. The van der Waals surface area contributed by atoms with Gasteiger partial charge in [-0.15, -0.1) is 0 Å². The third-order valence-electron chi connectivity index (χ3n) is 6.55. The molecule has 3 heterocycles. The Bertz CT molecular complexity index is 1260. The first-order chi connectivity index (χ1) is 16.5. The van der Waals surface area contributed by atoms with Gasteiger partial charge in [0.05, 0.1) is 0 Å². The summed E-state index contributed by atoms with van der Waals surface area (Å²) in [5.41, 5.74) is 2.87. The van der Waals surface area contributed by atoms with Gasteiger partial charge >= 0.3 is 0 Å². The lowest BCUT2D eigenvalue weighted by molar-refractivity contribution is -0.132. The first kappa shape index (κ1) is 21.9. The van der Waals surface area contributed by atoms with Crippen molar-refractivity contribution in [2.45, 2.75) is 25.9 Å². The van der Waals surface area contributed by atoms with Crippen LogP contribution in [-0.2, 0) is 17.8 Å². The molecule has 0 unspecified atom stereocenters. The molecular formula is C26H27N5O3. The average molecular weight is 458 g/mol. The highest BCUT2D eigenvalue weighted by Crippen LogP contribution is 2.32. The van der Waals surface area contributed by atoms with Gasteiger partial charge in [0.1, 0.15) is 12.2 Å². The number of aromatic nitrogens is 2. The van der Waals surface area contributed by atoms with E-state index in [0.29, 0.717) is 13.1 Å². The Labute approximate surface area is 198 Å². The maximum absolute atomic E-state index is 13.3. The van der Waals surface area contributed by atoms with Crippen LogP contribution in [0, 0.1) is 0 Å². The predicted molar refractivity (Wildman–Crippen MR) is 130 cm³/mol. The van der Waals surface area contributed by atoms with Crippen molar-refractivity contribution in [3.05, 3.63) is 88.3 Å². The lowest BCUT2D eigenvalue weighted by atomic mass is 10.1. The van der Waals surface area contributed by atoms with Gasteiger partial charge in [-0.05, 0) is 43.2 Å². The van der Waals surface area contributed by atoms with E-state index in [1.165, 1.54) is 12.1 Å². The van der Waals surface area contributed by atoms with Gasteiger partial charge in [-0.2, -0.15) is 5.10 Å². The summed E-state index contributed by atoms with van der Waals surface area (Å²) in [4.78, 5) is 44.4. The fourth-order valence-corrected chi connectivity index (χ4v) is 4.76. The number of fused-ring (bicyclic) bond motifs is 1. The summed E-state index contributed by atoms with van der Waals surface area (Å²) >= 11 is 0. The summed E-state index contributed by atoms with van der Waals surface area (Å²) in [6, 6.07) is 20.7. The lowest BCUT2D eigenvalue weighted by Gasteiger charge is -2.36. The molecule has 34 heavy (non-hydrogen) atoms. The molecule has 0 radical (unpaired) electrons. The summed E-state index contributed by atoms with van der Waals surface area (Å²) in [5.74, 6) is -0.443. The summed E-state index contributed by atoms with van der Waals surface area (Å²) < 4.78 is 1.10. The van der Waals surface area contributed by atoms with E-state index in [2.05, 4.69) is 22.1 Å². The summed E-state index contributed by atoms with van der Waals surface area (Å²) in [5, 5.41) is 4.28. The minimum absolute atomic E-state index is 0.00498. The van der Waals surface area contributed by atoms with Gasteiger partial charge in [0.2, 0.25) is 5.91 Å². The number of benzene rings is 2. The number of carbonyl (C=O) groups is 2. The molecule has 1 saturated heterocycles. The largest absolute Gasteiger partial charge is 0.368 e. The highest BCUT2D eigenvalue weighted by Gasteiger charge is 2.32. The van der Waals surface area contributed by atoms with Crippen LogP contribution < -0.4 is 15.4 Å². The number of nitrogens with zero attached hydrogens (tertiary/aromatic N) is 5. The molecule has 0 bridgehead atoms. The molecular weight excluding hydrogens is 430 g/mol. The number of hydrogen-bond donors (Lipinski definition) is 0. The van der Waals surface area contributed by atoms with E-state index in [-0.39, 0.29) is 30.1 Å². The van der Waals surface area contributed by atoms with Crippen LogP contribution in [-0.4, -0.2) is 58.7 Å². The zero-order valence-corrected chi connectivity index (χ0v) is 19.1. The molecule has 1 atom stereocenters. The van der Waals surface area contributed by atoms with Crippen LogP contribution in [0.25, 0.3) is 0 Å². The molecule has 1 aromatic heterocycles. The zero-order valence-electron chi connectivity index (χ0n) is 19.1. The minimum Gasteiger partial charge on any atom is -0.368 e. The first-order valence-electron chi connectivity index (χ1n) is 11.6. The Hall–Kier alpha value is -3.94. The second-order valence-electron chi connectivity index (χ2n) is 8.77. The van der Waals surface area contributed by atoms with Crippen LogP contribution >= 0.6 is 0 Å². The lowest BCUT2D eigenvalue weighted by Crippen LogP contribution is -2.50. The van der Waals surface area contributed by atoms with E-state index in [1.807, 2.05) is 49.4 Å². The number of anilines is 2. The summed E-state index contributed by atoms with van der Waals surface area (Å²) in [7, 11) is 0. The molecule has 2 aliphatic rings. The van der Waals surface area contributed by atoms with Gasteiger partial charge in [0.15, 0.2) is 0 Å². The fourth-order valence-electron chi connectivity index (χ4n) is 4.76. The van der Waals surface area contributed by atoms with Crippen LogP contribution in [0.15, 0.2) is 71.5 Å². The quantitative estimate of drug-likeness (QED) is 0.600. The summed E-state index contributed by atoms with van der Waals surface area (Å²) in [6.45, 7) is 4.40. The second-order valence-corrected chi connectivity index (χ2v) is 8.77. The van der Waals surface area contributed by atoms with Crippen molar-refractivity contribution in [3.63, 3.8) is 0 Å². The Morgan fingerprint density at radius 3 is 2.38 bits per heavy atom. The number of piperazine rings is 1. The van der Waals surface area contributed by atoms with Gasteiger partial charge < -0.3 is 14.7 Å². The van der Waals surface area contributed by atoms with E-state index in [4.69, 9.17) is 0 Å². The molecule has 0 N–H and O–H groups in total. The zero-order chi connectivity index (χ0) is 23.7. The van der Waals surface area contributed by atoms with Crippen molar-refractivity contribution in [2.24, 2.45) is 0 Å². The van der Waals surface area contributed by atoms with Crippen molar-refractivity contribution < 1.29 is 9.59 Å². The Morgan fingerprint density at radius 1 is 0.912 bits per heavy atom. The molecule has 2 amide bonds. The number of carbonyl (C=O) groups excluding carboxylic acids is 2. The molecule has 8 nitrogen and oxygen atoms in total. The molecule has 2 aromatic carbocycles. The Kier molecular flexibility index (Phi) is 5.88. The van der Waals surface area contributed by atoms with Gasteiger partial charge in [-0.1, -0.05) is 36.4 Å². The predicted octanol–water partition coefficient (Wildman–Crippen LogP) is 2.18. The first-order valence-corrected chi connectivity index (χ1v) is 11.6. The van der Waals surface area contributed by atoms with Gasteiger partial charge in [-0.3, -0.25) is 14.4 Å². The SMILES string of the molecule is C[C@@H]1Cc2ccccc2N1C(=O)c1ccc(=O)n(CC(=O)N2CCN(c3ccccc3)CC2)n1. The normalized spacial score (nSPS) is 17.6. The van der Waals surface area contributed by atoms with Crippen molar-refractivity contribution in [1.82, 2.24) is 14.7 Å². The topological polar surface area (TPSA) is 78.8 Å². The number of rotatable bonds is 4. The van der Waals surface area contributed by atoms with E-state index in [0.717, 1.165) is 41.1 Å². The van der Waals surface area contributed by atoms with Crippen LogP contribution in [0.2, 0.25) is 0 Å². The Morgan fingerprint density at radius 2 is 1.62 bits per heavy atom. The third kappa shape index (κ3) is 4.19. The Balaban J connectivity index is 1.28. The van der Waals surface area contributed by atoms with Crippen LogP contribution in [0.3, 0.4) is 0 Å². The van der Waals surface area contributed by atoms with Crippen LogP contribution in [0.1, 0.15) is 23.0 Å². The van der Waals surface area contributed by atoms with Gasteiger partial charge in [0, 0.05) is 49.7 Å². The maximum atomic E-state index is 13.3. The molecule has 174 valence electrons. The summed E-state index contributed by atoms with van der Waals surface area (Å²) in [6.07, 6.45) is 0.773. The van der Waals surface area contributed by atoms with E-state index >= 15 is 0 Å². The molecule has 5 rings (SSSR count). The highest BCUT2D eigenvalue weighted by atomic mass is 16.2. The van der Waals surface area contributed by atoms with Crippen LogP contribution in [0.5, 0.6) is 0 Å². The minimum atomic E-state index is -0.400. The molecule has 0 aliphatic carbocycles. The molecule has 1 fully saturated rings.